The van der Waals surface area contributed by atoms with Crippen molar-refractivity contribution >= 4 is 22.9 Å². The minimum absolute atomic E-state index is 0.0794. The largest absolute Gasteiger partial charge is 0.365 e. The minimum Gasteiger partial charge on any atom is -0.365 e. The summed E-state index contributed by atoms with van der Waals surface area (Å²) in [5, 5.41) is 13.4. The van der Waals surface area contributed by atoms with Gasteiger partial charge in [0.05, 0.1) is 35.1 Å². The molecule has 3 heterocycles. The fourth-order valence-corrected chi connectivity index (χ4v) is 3.80. The molecule has 0 aliphatic heterocycles. The fourth-order valence-electron chi connectivity index (χ4n) is 3.13. The molecule has 7 nitrogen and oxygen atoms in total. The van der Waals surface area contributed by atoms with Gasteiger partial charge < -0.3 is 14.6 Å². The Bertz CT molecular complexity index is 1120. The molecule has 1 N–H and O–H groups in total. The van der Waals surface area contributed by atoms with Gasteiger partial charge in [0.1, 0.15) is 12.3 Å². The van der Waals surface area contributed by atoms with E-state index in [1.54, 1.807) is 11.3 Å². The van der Waals surface area contributed by atoms with E-state index in [0.29, 0.717) is 18.0 Å². The first-order chi connectivity index (χ1) is 14.6. The molecule has 3 aromatic heterocycles. The highest BCUT2D eigenvalue weighted by molar-refractivity contribution is 7.13. The number of aromatic nitrogens is 3. The number of nitrogens with one attached hydrogen (secondary N) is 1. The lowest BCUT2D eigenvalue weighted by Gasteiger charge is -2.07. The van der Waals surface area contributed by atoms with E-state index in [1.165, 1.54) is 0 Å². The van der Waals surface area contributed by atoms with Crippen molar-refractivity contribution in [3.8, 4) is 10.6 Å². The Morgan fingerprint density at radius 1 is 1.20 bits per heavy atom. The molecule has 0 atom stereocenters. The van der Waals surface area contributed by atoms with Crippen LogP contribution in [0.3, 0.4) is 0 Å². The number of nitrogens with zero attached hydrogens (tertiary/aromatic N) is 3. The molecule has 4 aromatic rings. The normalized spacial score (nSPS) is 11.0. The number of carbonyl (C=O) groups excluding carboxylic acids is 1. The van der Waals surface area contributed by atoms with Crippen LogP contribution in [0, 0.1) is 13.8 Å². The third kappa shape index (κ3) is 4.67. The SMILES string of the molecule is Cc1nn(Cc2ccccc2)c(C)c1NC(=O)COCc1cc(-c2cccs2)on1. The van der Waals surface area contributed by atoms with E-state index in [9.17, 15) is 4.79 Å². The van der Waals surface area contributed by atoms with Gasteiger partial charge in [-0.25, -0.2) is 0 Å². The van der Waals surface area contributed by atoms with Gasteiger partial charge in [0.25, 0.3) is 0 Å². The molecule has 30 heavy (non-hydrogen) atoms. The van der Waals surface area contributed by atoms with Crippen molar-refractivity contribution < 1.29 is 14.1 Å². The van der Waals surface area contributed by atoms with Crippen LogP contribution in [-0.4, -0.2) is 27.5 Å². The molecule has 1 aromatic carbocycles. The van der Waals surface area contributed by atoms with Gasteiger partial charge in [-0.1, -0.05) is 41.6 Å². The Labute approximate surface area is 178 Å². The van der Waals surface area contributed by atoms with Crippen LogP contribution in [0.5, 0.6) is 0 Å². The molecule has 8 heteroatoms. The molecule has 0 saturated carbocycles. The smallest absolute Gasteiger partial charge is 0.250 e. The van der Waals surface area contributed by atoms with Crippen molar-refractivity contribution in [3.63, 3.8) is 0 Å². The predicted octanol–water partition coefficient (Wildman–Crippen LogP) is 4.42. The summed E-state index contributed by atoms with van der Waals surface area (Å²) in [4.78, 5) is 13.4. The maximum absolute atomic E-state index is 12.4. The van der Waals surface area contributed by atoms with Gasteiger partial charge in [0.2, 0.25) is 5.91 Å². The summed E-state index contributed by atoms with van der Waals surface area (Å²) >= 11 is 1.58. The van der Waals surface area contributed by atoms with Crippen LogP contribution in [0.2, 0.25) is 0 Å². The van der Waals surface area contributed by atoms with Crippen LogP contribution in [0.25, 0.3) is 10.6 Å². The second-order valence-electron chi connectivity index (χ2n) is 6.89. The quantitative estimate of drug-likeness (QED) is 0.455. The average Bonchev–Trinajstić information content (AvgIpc) is 3.47. The number of thiophene rings is 1. The lowest BCUT2D eigenvalue weighted by Crippen LogP contribution is -2.19. The number of ether oxygens (including phenoxy) is 1. The van der Waals surface area contributed by atoms with Gasteiger partial charge in [0.15, 0.2) is 5.76 Å². The monoisotopic (exact) mass is 422 g/mol. The molecule has 0 aliphatic rings. The molecule has 154 valence electrons. The lowest BCUT2D eigenvalue weighted by molar-refractivity contribution is -0.121. The Hall–Kier alpha value is -3.23. The zero-order chi connectivity index (χ0) is 20.9. The van der Waals surface area contributed by atoms with Crippen molar-refractivity contribution in [3.05, 3.63) is 76.6 Å². The van der Waals surface area contributed by atoms with Crippen LogP contribution >= 0.6 is 11.3 Å². The summed E-state index contributed by atoms with van der Waals surface area (Å²) in [5.41, 5.74) is 4.20. The molecular formula is C22H22N4O3S. The minimum atomic E-state index is -0.234. The standard InChI is InChI=1S/C22H22N4O3S/c1-15-22(16(2)26(24-15)12-17-7-4-3-5-8-17)23-21(27)14-28-13-18-11-19(29-25-18)20-9-6-10-30-20/h3-11H,12-14H2,1-2H3,(H,23,27). The van der Waals surface area contributed by atoms with Crippen LogP contribution in [0.4, 0.5) is 5.69 Å². The van der Waals surface area contributed by atoms with Gasteiger partial charge in [0, 0.05) is 6.07 Å². The van der Waals surface area contributed by atoms with Crippen molar-refractivity contribution in [1.29, 1.82) is 0 Å². The first-order valence-corrected chi connectivity index (χ1v) is 10.4. The summed E-state index contributed by atoms with van der Waals surface area (Å²) in [6.07, 6.45) is 0. The first kappa shape index (κ1) is 20.1. The van der Waals surface area contributed by atoms with Gasteiger partial charge in [-0.2, -0.15) is 5.10 Å². The summed E-state index contributed by atoms with van der Waals surface area (Å²) in [6.45, 7) is 4.60. The molecule has 0 unspecified atom stereocenters. The van der Waals surface area contributed by atoms with Crippen LogP contribution in [0.15, 0.2) is 58.4 Å². The van der Waals surface area contributed by atoms with Crippen LogP contribution in [0.1, 0.15) is 22.6 Å². The zero-order valence-electron chi connectivity index (χ0n) is 16.8. The number of aryl methyl sites for hydroxylation is 1. The van der Waals surface area contributed by atoms with Gasteiger partial charge in [-0.3, -0.25) is 9.48 Å². The first-order valence-electron chi connectivity index (χ1n) is 9.55. The summed E-state index contributed by atoms with van der Waals surface area (Å²) in [6, 6.07) is 15.8. The molecule has 1 amide bonds. The number of amides is 1. The number of anilines is 1. The van der Waals surface area contributed by atoms with Gasteiger partial charge in [-0.15, -0.1) is 11.3 Å². The van der Waals surface area contributed by atoms with E-state index in [2.05, 4.69) is 27.7 Å². The fraction of sp³-hybridized carbons (Fsp3) is 0.227. The Morgan fingerprint density at radius 2 is 2.03 bits per heavy atom. The number of benzene rings is 1. The third-order valence-electron chi connectivity index (χ3n) is 4.63. The van der Waals surface area contributed by atoms with Gasteiger partial charge >= 0.3 is 0 Å². The van der Waals surface area contributed by atoms with E-state index in [-0.39, 0.29) is 19.1 Å². The average molecular weight is 423 g/mol. The lowest BCUT2D eigenvalue weighted by atomic mass is 10.2. The molecular weight excluding hydrogens is 400 g/mol. The molecule has 0 radical (unpaired) electrons. The van der Waals surface area contributed by atoms with Gasteiger partial charge in [-0.05, 0) is 30.9 Å². The van der Waals surface area contributed by atoms with E-state index in [4.69, 9.17) is 9.26 Å². The molecule has 0 fully saturated rings. The predicted molar refractivity (Wildman–Crippen MR) is 115 cm³/mol. The molecule has 4 rings (SSSR count). The topological polar surface area (TPSA) is 82.2 Å². The van der Waals surface area contributed by atoms with Crippen molar-refractivity contribution in [2.45, 2.75) is 27.0 Å². The van der Waals surface area contributed by atoms with Crippen LogP contribution < -0.4 is 5.32 Å². The molecule has 0 spiro atoms. The van der Waals surface area contributed by atoms with Crippen molar-refractivity contribution in [2.24, 2.45) is 0 Å². The Balaban J connectivity index is 1.31. The Kier molecular flexibility index (Phi) is 6.06. The highest BCUT2D eigenvalue weighted by Crippen LogP contribution is 2.25. The number of hydrogen-bond acceptors (Lipinski definition) is 6. The summed E-state index contributed by atoms with van der Waals surface area (Å²) in [7, 11) is 0. The number of hydrogen-bond donors (Lipinski definition) is 1. The Morgan fingerprint density at radius 3 is 2.80 bits per heavy atom. The van der Waals surface area contributed by atoms with Crippen molar-refractivity contribution in [1.82, 2.24) is 14.9 Å². The van der Waals surface area contributed by atoms with Crippen molar-refractivity contribution in [2.75, 3.05) is 11.9 Å². The van der Waals surface area contributed by atoms with E-state index in [0.717, 1.165) is 27.5 Å². The summed E-state index contributed by atoms with van der Waals surface area (Å²) in [5.74, 6) is 0.465. The summed E-state index contributed by atoms with van der Waals surface area (Å²) < 4.78 is 12.7. The zero-order valence-corrected chi connectivity index (χ0v) is 17.6. The molecule has 0 bridgehead atoms. The van der Waals surface area contributed by atoms with E-state index >= 15 is 0 Å². The molecule has 0 saturated heterocycles. The third-order valence-corrected chi connectivity index (χ3v) is 5.51. The second-order valence-corrected chi connectivity index (χ2v) is 7.84. The van der Waals surface area contributed by atoms with E-state index < -0.39 is 0 Å². The maximum atomic E-state index is 12.4. The maximum Gasteiger partial charge on any atom is 0.250 e. The highest BCUT2D eigenvalue weighted by atomic mass is 32.1. The van der Waals surface area contributed by atoms with Crippen LogP contribution in [-0.2, 0) is 22.7 Å². The number of rotatable bonds is 8. The molecule has 0 aliphatic carbocycles. The van der Waals surface area contributed by atoms with E-state index in [1.807, 2.05) is 60.3 Å². The highest BCUT2D eigenvalue weighted by Gasteiger charge is 2.15. The second kappa shape index (κ2) is 9.06. The number of carbonyl (C=O) groups is 1.